The number of hydrogen-bond acceptors (Lipinski definition) is 5. The van der Waals surface area contributed by atoms with Gasteiger partial charge in [-0.15, -0.1) is 17.7 Å². The molecule has 25 heavy (non-hydrogen) atoms. The van der Waals surface area contributed by atoms with Gasteiger partial charge in [-0.3, -0.25) is 0 Å². The highest BCUT2D eigenvalue weighted by Gasteiger charge is 2.21. The van der Waals surface area contributed by atoms with E-state index in [2.05, 4.69) is 19.2 Å². The summed E-state index contributed by atoms with van der Waals surface area (Å²) in [6.07, 6.45) is 8.19. The molecule has 1 unspecified atom stereocenters. The normalized spacial score (nSPS) is 16.4. The summed E-state index contributed by atoms with van der Waals surface area (Å²) in [5.41, 5.74) is -2.90. The number of carbonyl (C=O) groups excluding carboxylic acids is 1. The van der Waals surface area contributed by atoms with Crippen LogP contribution in [0.3, 0.4) is 0 Å². The standard InChI is InChI=1S/C17H21N3O5/c1-3-10-18-14(21)19(11-4-2)16(23)20(15(18)22)17(24)25-12-13-8-6-5-7-9-13/h3-6,13H,1-2,7-12H2. The van der Waals surface area contributed by atoms with Crippen molar-refractivity contribution in [1.29, 1.82) is 0 Å². The summed E-state index contributed by atoms with van der Waals surface area (Å²) in [4.78, 5) is 49.3. The van der Waals surface area contributed by atoms with Gasteiger partial charge in [0.05, 0.1) is 19.7 Å². The minimum absolute atomic E-state index is 0.108. The Morgan fingerprint density at radius 3 is 2.16 bits per heavy atom. The Hall–Kier alpha value is -2.90. The first-order chi connectivity index (χ1) is 12.0. The van der Waals surface area contributed by atoms with Gasteiger partial charge in [0.2, 0.25) is 0 Å². The quantitative estimate of drug-likeness (QED) is 0.713. The summed E-state index contributed by atoms with van der Waals surface area (Å²) in [7, 11) is 0. The highest BCUT2D eigenvalue weighted by atomic mass is 16.6. The Bertz CT molecular complexity index is 823. The Kier molecular flexibility index (Phi) is 6.10. The lowest BCUT2D eigenvalue weighted by Crippen LogP contribution is -2.56. The lowest BCUT2D eigenvalue weighted by molar-refractivity contribution is 0.122. The zero-order valence-electron chi connectivity index (χ0n) is 13.9. The summed E-state index contributed by atoms with van der Waals surface area (Å²) in [5.74, 6) is 0.152. The zero-order valence-corrected chi connectivity index (χ0v) is 13.9. The monoisotopic (exact) mass is 347 g/mol. The molecule has 8 nitrogen and oxygen atoms in total. The topological polar surface area (TPSA) is 92.3 Å². The highest BCUT2D eigenvalue weighted by Crippen LogP contribution is 2.18. The lowest BCUT2D eigenvalue weighted by Gasteiger charge is -2.18. The first kappa shape index (κ1) is 18.4. The number of hydrogen-bond donors (Lipinski definition) is 0. The molecule has 1 aliphatic carbocycles. The molecule has 0 aliphatic heterocycles. The van der Waals surface area contributed by atoms with Gasteiger partial charge in [0, 0.05) is 0 Å². The minimum Gasteiger partial charge on any atom is -0.448 e. The second-order valence-electron chi connectivity index (χ2n) is 5.71. The van der Waals surface area contributed by atoms with Crippen LogP contribution in [0.4, 0.5) is 4.79 Å². The van der Waals surface area contributed by atoms with Crippen LogP contribution in [0.5, 0.6) is 0 Å². The maximum Gasteiger partial charge on any atom is 0.426 e. The van der Waals surface area contributed by atoms with Crippen LogP contribution in [0.2, 0.25) is 0 Å². The van der Waals surface area contributed by atoms with Crippen LogP contribution in [-0.4, -0.2) is 26.4 Å². The van der Waals surface area contributed by atoms with E-state index in [0.717, 1.165) is 28.4 Å². The summed E-state index contributed by atoms with van der Waals surface area (Å²) in [6.45, 7) is 6.79. The SMILES string of the molecule is C=CCn1c(=O)n(CC=C)c(=O)n(C(=O)OCC2CC=CCC2)c1=O. The van der Waals surface area contributed by atoms with Crippen LogP contribution >= 0.6 is 0 Å². The maximum absolute atomic E-state index is 12.4. The van der Waals surface area contributed by atoms with Gasteiger partial charge in [0.1, 0.15) is 0 Å². The van der Waals surface area contributed by atoms with E-state index in [1.807, 2.05) is 6.08 Å². The van der Waals surface area contributed by atoms with Gasteiger partial charge < -0.3 is 4.74 Å². The van der Waals surface area contributed by atoms with Crippen molar-refractivity contribution in [3.05, 3.63) is 68.9 Å². The Labute approximate surface area is 144 Å². The molecule has 0 spiro atoms. The first-order valence-electron chi connectivity index (χ1n) is 8.01. The van der Waals surface area contributed by atoms with E-state index in [-0.39, 0.29) is 25.6 Å². The molecule has 0 saturated carbocycles. The van der Waals surface area contributed by atoms with E-state index < -0.39 is 23.2 Å². The van der Waals surface area contributed by atoms with Crippen molar-refractivity contribution < 1.29 is 9.53 Å². The van der Waals surface area contributed by atoms with Gasteiger partial charge in [0.15, 0.2) is 0 Å². The van der Waals surface area contributed by atoms with Gasteiger partial charge in [-0.05, 0) is 25.2 Å². The number of ether oxygens (including phenoxy) is 1. The fourth-order valence-corrected chi connectivity index (χ4v) is 2.62. The molecule has 1 aromatic heterocycles. The number of rotatable bonds is 6. The molecule has 1 heterocycles. The van der Waals surface area contributed by atoms with Crippen LogP contribution in [0.15, 0.2) is 51.8 Å². The molecule has 0 bridgehead atoms. The molecule has 0 fully saturated rings. The van der Waals surface area contributed by atoms with Gasteiger partial charge >= 0.3 is 23.2 Å². The van der Waals surface area contributed by atoms with Gasteiger partial charge in [-0.2, -0.15) is 0 Å². The molecule has 1 atom stereocenters. The molecule has 0 amide bonds. The number of allylic oxidation sites excluding steroid dienone is 4. The zero-order chi connectivity index (χ0) is 18.4. The van der Waals surface area contributed by atoms with E-state index in [1.165, 1.54) is 12.2 Å². The van der Waals surface area contributed by atoms with Gasteiger partial charge in [-0.1, -0.05) is 24.3 Å². The van der Waals surface area contributed by atoms with E-state index in [4.69, 9.17) is 4.74 Å². The third-order valence-corrected chi connectivity index (χ3v) is 3.93. The second-order valence-corrected chi connectivity index (χ2v) is 5.71. The second kappa shape index (κ2) is 8.27. The molecule has 134 valence electrons. The van der Waals surface area contributed by atoms with E-state index in [1.54, 1.807) is 0 Å². The molecule has 0 radical (unpaired) electrons. The van der Waals surface area contributed by atoms with Crippen molar-refractivity contribution in [2.75, 3.05) is 6.61 Å². The molecule has 0 saturated heterocycles. The van der Waals surface area contributed by atoms with Crippen molar-refractivity contribution in [2.45, 2.75) is 32.4 Å². The molecule has 1 aromatic rings. The number of carbonyl (C=O) groups is 1. The molecular formula is C17H21N3O5. The average molecular weight is 347 g/mol. The Morgan fingerprint density at radius 2 is 1.68 bits per heavy atom. The van der Waals surface area contributed by atoms with Crippen LogP contribution < -0.4 is 17.1 Å². The fraction of sp³-hybridized carbons (Fsp3) is 0.412. The van der Waals surface area contributed by atoms with Crippen molar-refractivity contribution in [3.63, 3.8) is 0 Å². The molecule has 8 heteroatoms. The maximum atomic E-state index is 12.4. The lowest BCUT2D eigenvalue weighted by atomic mass is 9.95. The van der Waals surface area contributed by atoms with Crippen LogP contribution in [0.25, 0.3) is 0 Å². The van der Waals surface area contributed by atoms with Gasteiger partial charge in [0.25, 0.3) is 0 Å². The summed E-state index contributed by atoms with van der Waals surface area (Å²) in [6, 6.07) is 0. The Morgan fingerprint density at radius 1 is 1.08 bits per heavy atom. The number of nitrogens with zero attached hydrogens (tertiary/aromatic N) is 3. The summed E-state index contributed by atoms with van der Waals surface area (Å²) >= 11 is 0. The smallest absolute Gasteiger partial charge is 0.426 e. The molecule has 1 aliphatic rings. The van der Waals surface area contributed by atoms with Crippen molar-refractivity contribution in [2.24, 2.45) is 5.92 Å². The van der Waals surface area contributed by atoms with Crippen molar-refractivity contribution >= 4 is 6.09 Å². The minimum atomic E-state index is -1.08. The third kappa shape index (κ3) is 3.96. The first-order valence-corrected chi connectivity index (χ1v) is 8.01. The predicted molar refractivity (Wildman–Crippen MR) is 92.8 cm³/mol. The van der Waals surface area contributed by atoms with Crippen LogP contribution in [0, 0.1) is 5.92 Å². The molecule has 2 rings (SSSR count). The average Bonchev–Trinajstić information content (AvgIpc) is 2.61. The Balaban J connectivity index is 2.39. The molecule has 0 N–H and O–H groups in total. The van der Waals surface area contributed by atoms with Crippen LogP contribution in [-0.2, 0) is 17.8 Å². The van der Waals surface area contributed by atoms with E-state index >= 15 is 0 Å². The third-order valence-electron chi connectivity index (χ3n) is 3.93. The summed E-state index contributed by atoms with van der Waals surface area (Å²) < 4.78 is 6.99. The molecular weight excluding hydrogens is 326 g/mol. The molecule has 0 aromatic carbocycles. The summed E-state index contributed by atoms with van der Waals surface area (Å²) in [5, 5.41) is 0. The number of aromatic nitrogens is 3. The fourth-order valence-electron chi connectivity index (χ4n) is 2.62. The van der Waals surface area contributed by atoms with Gasteiger partial charge in [-0.25, -0.2) is 28.3 Å². The van der Waals surface area contributed by atoms with E-state index in [0.29, 0.717) is 4.57 Å². The van der Waals surface area contributed by atoms with Crippen molar-refractivity contribution in [1.82, 2.24) is 13.7 Å². The van der Waals surface area contributed by atoms with E-state index in [9.17, 15) is 19.2 Å². The van der Waals surface area contributed by atoms with Crippen LogP contribution in [0.1, 0.15) is 19.3 Å². The highest BCUT2D eigenvalue weighted by molar-refractivity contribution is 5.69. The predicted octanol–water partition coefficient (Wildman–Crippen LogP) is 0.885. The largest absolute Gasteiger partial charge is 0.448 e. The van der Waals surface area contributed by atoms with Crippen molar-refractivity contribution in [3.8, 4) is 0 Å².